The van der Waals surface area contributed by atoms with E-state index in [-0.39, 0.29) is 0 Å². The van der Waals surface area contributed by atoms with Crippen molar-refractivity contribution in [3.05, 3.63) is 42.7 Å². The van der Waals surface area contributed by atoms with Crippen molar-refractivity contribution < 1.29 is 4.74 Å². The van der Waals surface area contributed by atoms with Crippen LogP contribution in [0.2, 0.25) is 0 Å². The molecule has 0 saturated heterocycles. The van der Waals surface area contributed by atoms with Crippen LogP contribution in [0.1, 0.15) is 0 Å². The number of hydrogen-bond acceptors (Lipinski definition) is 3. The Hall–Kier alpha value is -2.43. The van der Waals surface area contributed by atoms with Crippen LogP contribution in [0, 0.1) is 0 Å². The number of benzene rings is 1. The average molecular weight is 256 g/mol. The fraction of sp³-hybridized carbons (Fsp3) is 0.214. The number of nitrogens with two attached hydrogens (primary N) is 1. The topological polar surface area (TPSA) is 58.0 Å². The molecule has 2 N–H and O–H groups in total. The van der Waals surface area contributed by atoms with E-state index in [2.05, 4.69) is 28.0 Å². The highest BCUT2D eigenvalue weighted by Crippen LogP contribution is 2.26. The van der Waals surface area contributed by atoms with Gasteiger partial charge in [0.1, 0.15) is 11.6 Å². The van der Waals surface area contributed by atoms with Gasteiger partial charge in [-0.15, -0.1) is 0 Å². The summed E-state index contributed by atoms with van der Waals surface area (Å²) in [6.07, 6.45) is 3.96. The molecule has 2 aromatic heterocycles. The van der Waals surface area contributed by atoms with Crippen molar-refractivity contribution in [2.45, 2.75) is 13.1 Å². The summed E-state index contributed by atoms with van der Waals surface area (Å²) >= 11 is 0. The van der Waals surface area contributed by atoms with Gasteiger partial charge in [-0.2, -0.15) is 5.10 Å². The van der Waals surface area contributed by atoms with Crippen LogP contribution < -0.4 is 10.5 Å². The molecule has 19 heavy (non-hydrogen) atoms. The van der Waals surface area contributed by atoms with E-state index in [0.29, 0.717) is 5.82 Å². The van der Waals surface area contributed by atoms with Gasteiger partial charge in [0.15, 0.2) is 0 Å². The summed E-state index contributed by atoms with van der Waals surface area (Å²) in [6, 6.07) is 9.95. The summed E-state index contributed by atoms with van der Waals surface area (Å²) in [5.41, 5.74) is 6.77. The number of aryl methyl sites for hydroxylation is 2. The summed E-state index contributed by atoms with van der Waals surface area (Å²) in [5.74, 6) is 1.46. The number of ether oxygens (including phenoxy) is 1. The van der Waals surface area contributed by atoms with Crippen LogP contribution in [0.25, 0.3) is 10.9 Å². The molecule has 0 aliphatic rings. The van der Waals surface area contributed by atoms with Gasteiger partial charge < -0.3 is 15.0 Å². The zero-order chi connectivity index (χ0) is 13.2. The number of nitrogens with zero attached hydrogens (tertiary/aromatic N) is 3. The predicted molar refractivity (Wildman–Crippen MR) is 75.1 cm³/mol. The molecule has 0 spiro atoms. The molecule has 0 bridgehead atoms. The van der Waals surface area contributed by atoms with Crippen molar-refractivity contribution in [3.63, 3.8) is 0 Å². The minimum absolute atomic E-state index is 0.555. The Morgan fingerprint density at radius 2 is 2.05 bits per heavy atom. The molecule has 0 amide bonds. The lowest BCUT2D eigenvalue weighted by atomic mass is 10.2. The lowest BCUT2D eigenvalue weighted by Gasteiger charge is -2.07. The van der Waals surface area contributed by atoms with Gasteiger partial charge in [0.05, 0.1) is 19.2 Å². The molecular formula is C14H16N4O. The Bertz CT molecular complexity index is 698. The lowest BCUT2D eigenvalue weighted by molar-refractivity contribution is 0.420. The van der Waals surface area contributed by atoms with Crippen molar-refractivity contribution in [2.75, 3.05) is 12.8 Å². The Labute approximate surface area is 111 Å². The number of nitrogen functional groups attached to an aromatic ring is 1. The van der Waals surface area contributed by atoms with E-state index < -0.39 is 0 Å². The average Bonchev–Trinajstić information content (AvgIpc) is 3.02. The molecule has 0 saturated carbocycles. The first kappa shape index (κ1) is 11.6. The van der Waals surface area contributed by atoms with Crippen molar-refractivity contribution in [1.29, 1.82) is 0 Å². The maximum atomic E-state index is 5.60. The van der Waals surface area contributed by atoms with Crippen LogP contribution in [0.4, 0.5) is 5.82 Å². The summed E-state index contributed by atoms with van der Waals surface area (Å²) < 4.78 is 9.40. The van der Waals surface area contributed by atoms with Crippen LogP contribution >= 0.6 is 0 Å². The number of rotatable bonds is 4. The largest absolute Gasteiger partial charge is 0.496 e. The van der Waals surface area contributed by atoms with Crippen LogP contribution in [-0.4, -0.2) is 21.5 Å². The second-order valence-corrected chi connectivity index (χ2v) is 4.41. The Morgan fingerprint density at radius 1 is 1.16 bits per heavy atom. The van der Waals surface area contributed by atoms with Crippen LogP contribution in [-0.2, 0) is 13.1 Å². The summed E-state index contributed by atoms with van der Waals surface area (Å²) in [4.78, 5) is 0. The molecule has 3 aromatic rings. The van der Waals surface area contributed by atoms with E-state index in [1.54, 1.807) is 13.2 Å². The van der Waals surface area contributed by atoms with E-state index in [9.17, 15) is 0 Å². The first-order chi connectivity index (χ1) is 9.28. The van der Waals surface area contributed by atoms with Crippen LogP contribution in [0.5, 0.6) is 5.75 Å². The molecule has 0 aliphatic carbocycles. The Kier molecular flexibility index (Phi) is 2.87. The minimum atomic E-state index is 0.555. The molecule has 2 heterocycles. The number of anilines is 1. The molecule has 1 aromatic carbocycles. The monoisotopic (exact) mass is 256 g/mol. The minimum Gasteiger partial charge on any atom is -0.496 e. The normalized spacial score (nSPS) is 11.0. The maximum absolute atomic E-state index is 5.60. The van der Waals surface area contributed by atoms with Crippen LogP contribution in [0.3, 0.4) is 0 Å². The molecule has 5 nitrogen and oxygen atoms in total. The third-order valence-electron chi connectivity index (χ3n) is 3.22. The molecule has 5 heteroatoms. The number of hydrogen-bond donors (Lipinski definition) is 1. The fourth-order valence-electron chi connectivity index (χ4n) is 2.28. The van der Waals surface area contributed by atoms with Gasteiger partial charge in [-0.1, -0.05) is 6.07 Å². The Balaban J connectivity index is 1.85. The second-order valence-electron chi connectivity index (χ2n) is 4.41. The standard InChI is InChI=1S/C14H16N4O/c1-19-13-4-2-3-12-11(13)5-7-17(12)9-10-18-8-6-14(15)16-18/h2-8H,9-10H2,1H3,(H2,15,16). The molecule has 0 atom stereocenters. The number of methoxy groups -OCH3 is 1. The second kappa shape index (κ2) is 4.68. The van der Waals surface area contributed by atoms with E-state index in [1.165, 1.54) is 5.52 Å². The number of aromatic nitrogens is 3. The third-order valence-corrected chi connectivity index (χ3v) is 3.22. The quantitative estimate of drug-likeness (QED) is 0.778. The summed E-state index contributed by atoms with van der Waals surface area (Å²) in [7, 11) is 1.69. The van der Waals surface area contributed by atoms with Gasteiger partial charge in [0, 0.05) is 24.3 Å². The zero-order valence-electron chi connectivity index (χ0n) is 10.8. The molecular weight excluding hydrogens is 240 g/mol. The predicted octanol–water partition coefficient (Wildman–Crippen LogP) is 2.13. The highest BCUT2D eigenvalue weighted by atomic mass is 16.5. The highest BCUT2D eigenvalue weighted by Gasteiger charge is 2.05. The maximum Gasteiger partial charge on any atom is 0.145 e. The van der Waals surface area contributed by atoms with E-state index >= 15 is 0 Å². The van der Waals surface area contributed by atoms with Crippen molar-refractivity contribution in [1.82, 2.24) is 14.3 Å². The van der Waals surface area contributed by atoms with E-state index in [1.807, 2.05) is 23.0 Å². The smallest absolute Gasteiger partial charge is 0.145 e. The highest BCUT2D eigenvalue weighted by molar-refractivity contribution is 5.86. The summed E-state index contributed by atoms with van der Waals surface area (Å²) in [5, 5.41) is 5.31. The van der Waals surface area contributed by atoms with Crippen LogP contribution in [0.15, 0.2) is 42.7 Å². The van der Waals surface area contributed by atoms with E-state index in [4.69, 9.17) is 10.5 Å². The first-order valence-corrected chi connectivity index (χ1v) is 6.19. The van der Waals surface area contributed by atoms with Crippen molar-refractivity contribution >= 4 is 16.7 Å². The van der Waals surface area contributed by atoms with Crippen molar-refractivity contribution in [3.8, 4) is 5.75 Å². The molecule has 0 aliphatic heterocycles. The van der Waals surface area contributed by atoms with Gasteiger partial charge in [0.2, 0.25) is 0 Å². The molecule has 0 radical (unpaired) electrons. The first-order valence-electron chi connectivity index (χ1n) is 6.19. The van der Waals surface area contributed by atoms with Gasteiger partial charge in [-0.05, 0) is 24.3 Å². The van der Waals surface area contributed by atoms with E-state index in [0.717, 1.165) is 24.2 Å². The van der Waals surface area contributed by atoms with Gasteiger partial charge in [-0.25, -0.2) is 0 Å². The zero-order valence-corrected chi connectivity index (χ0v) is 10.8. The molecule has 0 fully saturated rings. The lowest BCUT2D eigenvalue weighted by Crippen LogP contribution is -2.07. The summed E-state index contributed by atoms with van der Waals surface area (Å²) in [6.45, 7) is 1.63. The van der Waals surface area contributed by atoms with Crippen molar-refractivity contribution in [2.24, 2.45) is 0 Å². The van der Waals surface area contributed by atoms with Gasteiger partial charge >= 0.3 is 0 Å². The third kappa shape index (κ3) is 2.14. The Morgan fingerprint density at radius 3 is 2.79 bits per heavy atom. The fourth-order valence-corrected chi connectivity index (χ4v) is 2.28. The SMILES string of the molecule is COc1cccc2c1ccn2CCn1ccc(N)n1. The molecule has 98 valence electrons. The number of fused-ring (bicyclic) bond motifs is 1. The van der Waals surface area contributed by atoms with Gasteiger partial charge in [-0.3, -0.25) is 4.68 Å². The molecule has 0 unspecified atom stereocenters. The van der Waals surface area contributed by atoms with Gasteiger partial charge in [0.25, 0.3) is 0 Å². The molecule has 3 rings (SSSR count).